The molecule has 0 spiro atoms. The third-order valence-corrected chi connectivity index (χ3v) is 4.37. The summed E-state index contributed by atoms with van der Waals surface area (Å²) in [7, 11) is 1.62. The van der Waals surface area contributed by atoms with Gasteiger partial charge in [0.25, 0.3) is 5.91 Å². The van der Waals surface area contributed by atoms with Gasteiger partial charge in [-0.15, -0.1) is 0 Å². The van der Waals surface area contributed by atoms with E-state index in [1.807, 2.05) is 24.3 Å². The van der Waals surface area contributed by atoms with Crippen LogP contribution in [0.2, 0.25) is 0 Å². The number of hydrogen-bond donors (Lipinski definition) is 1. The number of amides is 4. The second-order valence-corrected chi connectivity index (χ2v) is 6.16. The molecule has 25 heavy (non-hydrogen) atoms. The van der Waals surface area contributed by atoms with Gasteiger partial charge in [0.1, 0.15) is 5.75 Å². The number of nitrogens with zero attached hydrogens (tertiary/aromatic N) is 2. The summed E-state index contributed by atoms with van der Waals surface area (Å²) in [5.41, 5.74) is 1.12. The minimum absolute atomic E-state index is 0.113. The molecule has 2 heterocycles. The van der Waals surface area contributed by atoms with E-state index in [9.17, 15) is 14.4 Å². The number of ether oxygens (including phenoxy) is 2. The normalized spacial score (nSPS) is 17.3. The first kappa shape index (κ1) is 17.1. The Morgan fingerprint density at radius 1 is 1.28 bits per heavy atom. The van der Waals surface area contributed by atoms with Crippen molar-refractivity contribution in [3.63, 3.8) is 0 Å². The maximum Gasteiger partial charge on any atom is 0.417 e. The van der Waals surface area contributed by atoms with Crippen molar-refractivity contribution in [2.45, 2.75) is 6.42 Å². The summed E-state index contributed by atoms with van der Waals surface area (Å²) in [4.78, 5) is 37.7. The number of imide groups is 1. The minimum Gasteiger partial charge on any atom is -0.497 e. The molecular weight excluding hydrogens is 326 g/mol. The van der Waals surface area contributed by atoms with Gasteiger partial charge in [0, 0.05) is 32.1 Å². The van der Waals surface area contributed by atoms with E-state index >= 15 is 0 Å². The number of methoxy groups -OCH3 is 1. The summed E-state index contributed by atoms with van der Waals surface area (Å²) < 4.78 is 9.77. The van der Waals surface area contributed by atoms with Gasteiger partial charge in [-0.3, -0.25) is 4.79 Å². The number of rotatable bonds is 6. The molecule has 2 fully saturated rings. The number of benzene rings is 1. The average molecular weight is 347 g/mol. The van der Waals surface area contributed by atoms with Gasteiger partial charge in [0.15, 0.2) is 6.61 Å². The van der Waals surface area contributed by atoms with E-state index in [1.54, 1.807) is 12.0 Å². The number of urea groups is 1. The SMILES string of the molecule is COc1ccc(CCNC(=O)N2CC(CN3C(=O)COC3=O)C2)cc1. The lowest BCUT2D eigenvalue weighted by Gasteiger charge is -2.40. The fourth-order valence-corrected chi connectivity index (χ4v) is 2.88. The molecule has 2 aliphatic rings. The van der Waals surface area contributed by atoms with E-state index in [2.05, 4.69) is 10.1 Å². The highest BCUT2D eigenvalue weighted by atomic mass is 16.6. The van der Waals surface area contributed by atoms with E-state index in [0.717, 1.165) is 22.6 Å². The quantitative estimate of drug-likeness (QED) is 0.824. The van der Waals surface area contributed by atoms with Crippen molar-refractivity contribution in [3.8, 4) is 5.75 Å². The van der Waals surface area contributed by atoms with Gasteiger partial charge in [-0.2, -0.15) is 0 Å². The Morgan fingerprint density at radius 2 is 2.00 bits per heavy atom. The first-order valence-corrected chi connectivity index (χ1v) is 8.19. The van der Waals surface area contributed by atoms with Crippen LogP contribution in [0.4, 0.5) is 9.59 Å². The lowest BCUT2D eigenvalue weighted by Crippen LogP contribution is -2.57. The number of cyclic esters (lactones) is 1. The van der Waals surface area contributed by atoms with Crippen LogP contribution in [0.25, 0.3) is 0 Å². The first-order valence-electron chi connectivity index (χ1n) is 8.19. The van der Waals surface area contributed by atoms with Crippen molar-refractivity contribution in [1.29, 1.82) is 0 Å². The Kier molecular flexibility index (Phi) is 5.06. The van der Waals surface area contributed by atoms with Crippen LogP contribution < -0.4 is 10.1 Å². The number of hydrogen-bond acceptors (Lipinski definition) is 5. The van der Waals surface area contributed by atoms with E-state index in [4.69, 9.17) is 4.74 Å². The van der Waals surface area contributed by atoms with Gasteiger partial charge in [0.05, 0.1) is 7.11 Å². The van der Waals surface area contributed by atoms with Crippen molar-refractivity contribution in [3.05, 3.63) is 29.8 Å². The molecule has 0 radical (unpaired) electrons. The fourth-order valence-electron chi connectivity index (χ4n) is 2.88. The fraction of sp³-hybridized carbons (Fsp3) is 0.471. The maximum absolute atomic E-state index is 12.1. The van der Waals surface area contributed by atoms with Crippen LogP contribution in [0.3, 0.4) is 0 Å². The Morgan fingerprint density at radius 3 is 2.60 bits per heavy atom. The van der Waals surface area contributed by atoms with Crippen LogP contribution in [-0.4, -0.2) is 67.7 Å². The highest BCUT2D eigenvalue weighted by molar-refractivity contribution is 5.97. The average Bonchev–Trinajstić information content (AvgIpc) is 2.89. The topological polar surface area (TPSA) is 88.2 Å². The van der Waals surface area contributed by atoms with Gasteiger partial charge in [0.2, 0.25) is 0 Å². The predicted molar refractivity (Wildman–Crippen MR) is 88.2 cm³/mol. The summed E-state index contributed by atoms with van der Waals surface area (Å²) >= 11 is 0. The lowest BCUT2D eigenvalue weighted by molar-refractivity contribution is -0.126. The second kappa shape index (κ2) is 7.42. The Balaban J connectivity index is 1.34. The number of carbonyl (C=O) groups excluding carboxylic acids is 3. The van der Waals surface area contributed by atoms with Gasteiger partial charge in [-0.25, -0.2) is 14.5 Å². The van der Waals surface area contributed by atoms with Crippen LogP contribution in [0.15, 0.2) is 24.3 Å². The standard InChI is InChI=1S/C17H21N3O5/c1-24-14-4-2-12(3-5-14)6-7-18-16(22)19-8-13(9-19)10-20-15(21)11-25-17(20)23/h2-5,13H,6-11H2,1H3,(H,18,22). The van der Waals surface area contributed by atoms with Crippen molar-refractivity contribution in [2.24, 2.45) is 5.92 Å². The summed E-state index contributed by atoms with van der Waals surface area (Å²) in [5.74, 6) is 0.606. The monoisotopic (exact) mass is 347 g/mol. The van der Waals surface area contributed by atoms with E-state index < -0.39 is 6.09 Å². The Bertz CT molecular complexity index is 639. The Hall–Kier alpha value is -2.77. The molecule has 0 saturated carbocycles. The zero-order valence-electron chi connectivity index (χ0n) is 14.1. The van der Waals surface area contributed by atoms with Gasteiger partial charge in [-0.05, 0) is 24.1 Å². The molecule has 0 aliphatic carbocycles. The number of likely N-dealkylation sites (tertiary alicyclic amines) is 1. The third-order valence-electron chi connectivity index (χ3n) is 4.37. The summed E-state index contributed by atoms with van der Waals surface area (Å²) in [6.45, 7) is 1.74. The van der Waals surface area contributed by atoms with Gasteiger partial charge < -0.3 is 19.7 Å². The minimum atomic E-state index is -0.590. The van der Waals surface area contributed by atoms with Crippen LogP contribution in [0.1, 0.15) is 5.56 Å². The molecule has 2 aliphatic heterocycles. The van der Waals surface area contributed by atoms with Gasteiger partial charge >= 0.3 is 12.1 Å². The van der Waals surface area contributed by atoms with Crippen LogP contribution in [0.5, 0.6) is 5.75 Å². The van der Waals surface area contributed by atoms with E-state index in [0.29, 0.717) is 26.2 Å². The molecule has 134 valence electrons. The molecule has 0 unspecified atom stereocenters. The molecule has 4 amide bonds. The molecule has 8 nitrogen and oxygen atoms in total. The van der Waals surface area contributed by atoms with E-state index in [1.165, 1.54) is 0 Å². The molecule has 0 atom stereocenters. The maximum atomic E-state index is 12.1. The Labute approximate surface area is 145 Å². The highest BCUT2D eigenvalue weighted by Gasteiger charge is 2.38. The molecule has 0 aromatic heterocycles. The second-order valence-electron chi connectivity index (χ2n) is 6.16. The van der Waals surface area contributed by atoms with Crippen molar-refractivity contribution in [1.82, 2.24) is 15.1 Å². The van der Waals surface area contributed by atoms with E-state index in [-0.39, 0.29) is 24.5 Å². The van der Waals surface area contributed by atoms with Crippen LogP contribution in [0, 0.1) is 5.92 Å². The molecule has 3 rings (SSSR count). The summed E-state index contributed by atoms with van der Waals surface area (Å²) in [5, 5.41) is 2.88. The zero-order chi connectivity index (χ0) is 17.8. The molecule has 2 saturated heterocycles. The highest BCUT2D eigenvalue weighted by Crippen LogP contribution is 2.19. The smallest absolute Gasteiger partial charge is 0.417 e. The van der Waals surface area contributed by atoms with Crippen molar-refractivity contribution < 1.29 is 23.9 Å². The third kappa shape index (κ3) is 4.01. The molecular formula is C17H21N3O5. The number of carbonyl (C=O) groups is 3. The van der Waals surface area contributed by atoms with Crippen molar-refractivity contribution >= 4 is 18.0 Å². The summed E-state index contributed by atoms with van der Waals surface area (Å²) in [6, 6.07) is 7.59. The molecule has 8 heteroatoms. The van der Waals surface area contributed by atoms with Crippen LogP contribution >= 0.6 is 0 Å². The first-order chi connectivity index (χ1) is 12.1. The number of nitrogens with one attached hydrogen (secondary N) is 1. The predicted octanol–water partition coefficient (Wildman–Crippen LogP) is 0.858. The largest absolute Gasteiger partial charge is 0.497 e. The molecule has 1 aromatic carbocycles. The van der Waals surface area contributed by atoms with Crippen molar-refractivity contribution in [2.75, 3.05) is 39.9 Å². The lowest BCUT2D eigenvalue weighted by atomic mass is 10.0. The molecule has 1 N–H and O–H groups in total. The molecule has 0 bridgehead atoms. The zero-order valence-corrected chi connectivity index (χ0v) is 14.1. The summed E-state index contributed by atoms with van der Waals surface area (Å²) in [6.07, 6.45) is 0.147. The molecule has 1 aromatic rings. The van der Waals surface area contributed by atoms with Gasteiger partial charge in [-0.1, -0.05) is 12.1 Å². The van der Waals surface area contributed by atoms with Crippen LogP contribution in [-0.2, 0) is 16.0 Å².